The molecule has 0 atom stereocenters. The normalized spacial score (nSPS) is 10.7. The van der Waals surface area contributed by atoms with E-state index in [0.717, 1.165) is 0 Å². The number of aromatic nitrogens is 5. The quantitative estimate of drug-likeness (QED) is 0.521. The number of thioether (sulfide) groups is 1. The van der Waals surface area contributed by atoms with Gasteiger partial charge in [-0.1, -0.05) is 17.0 Å². The van der Waals surface area contributed by atoms with Crippen LogP contribution in [0.2, 0.25) is 0 Å². The molecule has 0 unspecified atom stereocenters. The molecule has 3 rings (SSSR count). The van der Waals surface area contributed by atoms with Gasteiger partial charge in [0.25, 0.3) is 0 Å². The van der Waals surface area contributed by atoms with Crippen LogP contribution in [0.4, 0.5) is 5.69 Å². The fraction of sp³-hybridized carbons (Fsp3) is 0.267. The maximum atomic E-state index is 12.2. The second-order valence-electron chi connectivity index (χ2n) is 4.97. The van der Waals surface area contributed by atoms with Crippen molar-refractivity contribution in [3.05, 3.63) is 24.5 Å². The van der Waals surface area contributed by atoms with Gasteiger partial charge in [-0.25, -0.2) is 14.6 Å². The molecule has 1 amide bonds. The van der Waals surface area contributed by atoms with E-state index in [4.69, 9.17) is 9.47 Å². The molecule has 0 aliphatic heterocycles. The number of fused-ring (bicyclic) bond motifs is 1. The number of methoxy groups -OCH3 is 2. The van der Waals surface area contributed by atoms with Crippen LogP contribution in [0.3, 0.4) is 0 Å². The SMILES string of the molecule is COc1ccc(NC(=O)CSc2ncnc3c2nnn3C)c(OC)c1. The third-order valence-electron chi connectivity index (χ3n) is 3.38. The Labute approximate surface area is 147 Å². The molecule has 0 spiro atoms. The van der Waals surface area contributed by atoms with E-state index >= 15 is 0 Å². The van der Waals surface area contributed by atoms with E-state index in [1.54, 1.807) is 37.0 Å². The zero-order valence-corrected chi connectivity index (χ0v) is 14.7. The molecule has 9 nitrogen and oxygen atoms in total. The summed E-state index contributed by atoms with van der Waals surface area (Å²) >= 11 is 1.27. The molecule has 2 aromatic heterocycles. The Morgan fingerprint density at radius 3 is 2.88 bits per heavy atom. The Balaban J connectivity index is 1.69. The number of carbonyl (C=O) groups excluding carboxylic acids is 1. The summed E-state index contributed by atoms with van der Waals surface area (Å²) in [6, 6.07) is 5.18. The summed E-state index contributed by atoms with van der Waals surface area (Å²) in [4.78, 5) is 20.5. The van der Waals surface area contributed by atoms with Gasteiger partial charge < -0.3 is 14.8 Å². The lowest BCUT2D eigenvalue weighted by Crippen LogP contribution is -2.15. The minimum atomic E-state index is -0.191. The molecule has 1 aromatic carbocycles. The molecule has 3 aromatic rings. The maximum Gasteiger partial charge on any atom is 0.234 e. The van der Waals surface area contributed by atoms with Crippen LogP contribution >= 0.6 is 11.8 Å². The van der Waals surface area contributed by atoms with E-state index < -0.39 is 0 Å². The summed E-state index contributed by atoms with van der Waals surface area (Å²) in [6.45, 7) is 0. The van der Waals surface area contributed by atoms with Crippen molar-refractivity contribution in [2.45, 2.75) is 5.03 Å². The van der Waals surface area contributed by atoms with Gasteiger partial charge in [0.15, 0.2) is 11.2 Å². The number of nitrogens with zero attached hydrogens (tertiary/aromatic N) is 5. The number of anilines is 1. The van der Waals surface area contributed by atoms with Crippen LogP contribution in [0.25, 0.3) is 11.2 Å². The fourth-order valence-corrected chi connectivity index (χ4v) is 2.89. The van der Waals surface area contributed by atoms with Crippen molar-refractivity contribution in [1.29, 1.82) is 0 Å². The lowest BCUT2D eigenvalue weighted by Gasteiger charge is -2.11. The highest BCUT2D eigenvalue weighted by Crippen LogP contribution is 2.29. The summed E-state index contributed by atoms with van der Waals surface area (Å²) in [5.41, 5.74) is 1.76. The zero-order chi connectivity index (χ0) is 17.8. The van der Waals surface area contributed by atoms with Gasteiger partial charge in [-0.3, -0.25) is 4.79 Å². The molecular formula is C15H16N6O3S. The lowest BCUT2D eigenvalue weighted by molar-refractivity contribution is -0.113. The van der Waals surface area contributed by atoms with Crippen molar-refractivity contribution < 1.29 is 14.3 Å². The predicted molar refractivity (Wildman–Crippen MR) is 93.0 cm³/mol. The highest BCUT2D eigenvalue weighted by Gasteiger charge is 2.13. The third kappa shape index (κ3) is 3.63. The summed E-state index contributed by atoms with van der Waals surface area (Å²) in [6.07, 6.45) is 1.43. The first-order valence-electron chi connectivity index (χ1n) is 7.27. The van der Waals surface area contributed by atoms with E-state index in [1.165, 1.54) is 25.2 Å². The third-order valence-corrected chi connectivity index (χ3v) is 4.36. The van der Waals surface area contributed by atoms with Gasteiger partial charge in [0.2, 0.25) is 5.91 Å². The summed E-state index contributed by atoms with van der Waals surface area (Å²) in [7, 11) is 4.85. The van der Waals surface area contributed by atoms with Gasteiger partial charge in [-0.15, -0.1) is 5.10 Å². The molecule has 0 aliphatic carbocycles. The Hall–Kier alpha value is -2.88. The van der Waals surface area contributed by atoms with Crippen LogP contribution in [0, 0.1) is 0 Å². The molecule has 10 heteroatoms. The van der Waals surface area contributed by atoms with Crippen molar-refractivity contribution in [2.75, 3.05) is 25.3 Å². The average molecular weight is 360 g/mol. The molecule has 0 fully saturated rings. The predicted octanol–water partition coefficient (Wildman–Crippen LogP) is 1.51. The lowest BCUT2D eigenvalue weighted by atomic mass is 10.2. The number of hydrogen-bond acceptors (Lipinski definition) is 8. The number of amides is 1. The highest BCUT2D eigenvalue weighted by atomic mass is 32.2. The summed E-state index contributed by atoms with van der Waals surface area (Å²) in [5, 5.41) is 11.4. The van der Waals surface area contributed by atoms with Crippen LogP contribution in [0.1, 0.15) is 0 Å². The number of benzene rings is 1. The monoisotopic (exact) mass is 360 g/mol. The van der Waals surface area contributed by atoms with Crippen molar-refractivity contribution >= 4 is 34.5 Å². The molecule has 0 aliphatic rings. The van der Waals surface area contributed by atoms with E-state index in [0.29, 0.717) is 33.4 Å². The van der Waals surface area contributed by atoms with Gasteiger partial charge >= 0.3 is 0 Å². The number of hydrogen-bond donors (Lipinski definition) is 1. The Kier molecular flexibility index (Phi) is 4.98. The first kappa shape index (κ1) is 17.0. The molecule has 130 valence electrons. The fourth-order valence-electron chi connectivity index (χ4n) is 2.16. The standard InChI is InChI=1S/C15H16N6O3S/c1-21-14-13(19-20-21)15(17-8-16-14)25-7-12(22)18-10-5-4-9(23-2)6-11(10)24-3/h4-6,8H,7H2,1-3H3,(H,18,22). The van der Waals surface area contributed by atoms with Gasteiger partial charge in [0.05, 0.1) is 25.7 Å². The van der Waals surface area contributed by atoms with Crippen LogP contribution in [0.15, 0.2) is 29.6 Å². The van der Waals surface area contributed by atoms with Gasteiger partial charge in [0.1, 0.15) is 22.9 Å². The topological polar surface area (TPSA) is 104 Å². The molecule has 0 bridgehead atoms. The summed E-state index contributed by atoms with van der Waals surface area (Å²) in [5.74, 6) is 1.15. The molecule has 0 saturated carbocycles. The van der Waals surface area contributed by atoms with E-state index in [1.807, 2.05) is 0 Å². The number of ether oxygens (including phenoxy) is 2. The number of rotatable bonds is 6. The van der Waals surface area contributed by atoms with Crippen molar-refractivity contribution in [1.82, 2.24) is 25.0 Å². The average Bonchev–Trinajstić information content (AvgIpc) is 3.02. The maximum absolute atomic E-state index is 12.2. The van der Waals surface area contributed by atoms with Crippen LogP contribution in [-0.2, 0) is 11.8 Å². The van der Waals surface area contributed by atoms with E-state index in [-0.39, 0.29) is 11.7 Å². The van der Waals surface area contributed by atoms with E-state index in [9.17, 15) is 4.79 Å². The smallest absolute Gasteiger partial charge is 0.234 e. The molecule has 2 heterocycles. The van der Waals surface area contributed by atoms with Crippen LogP contribution in [-0.4, -0.2) is 50.8 Å². The number of aryl methyl sites for hydroxylation is 1. The van der Waals surface area contributed by atoms with Crippen LogP contribution in [0.5, 0.6) is 11.5 Å². The second kappa shape index (κ2) is 7.34. The van der Waals surface area contributed by atoms with Crippen LogP contribution < -0.4 is 14.8 Å². The molecule has 0 radical (unpaired) electrons. The van der Waals surface area contributed by atoms with Gasteiger partial charge in [0, 0.05) is 13.1 Å². The summed E-state index contributed by atoms with van der Waals surface area (Å²) < 4.78 is 12.0. The zero-order valence-electron chi connectivity index (χ0n) is 13.9. The second-order valence-corrected chi connectivity index (χ2v) is 5.93. The van der Waals surface area contributed by atoms with Gasteiger partial charge in [-0.2, -0.15) is 0 Å². The molecular weight excluding hydrogens is 344 g/mol. The molecule has 1 N–H and O–H groups in total. The first-order valence-corrected chi connectivity index (χ1v) is 8.26. The largest absolute Gasteiger partial charge is 0.497 e. The molecule has 0 saturated heterocycles. The van der Waals surface area contributed by atoms with Crippen molar-refractivity contribution in [3.8, 4) is 11.5 Å². The Morgan fingerprint density at radius 2 is 2.12 bits per heavy atom. The highest BCUT2D eigenvalue weighted by molar-refractivity contribution is 8.00. The Bertz CT molecular complexity index is 913. The first-order chi connectivity index (χ1) is 12.1. The van der Waals surface area contributed by atoms with Crippen molar-refractivity contribution in [2.24, 2.45) is 7.05 Å². The van der Waals surface area contributed by atoms with E-state index in [2.05, 4.69) is 25.6 Å². The number of nitrogens with one attached hydrogen (secondary N) is 1. The minimum absolute atomic E-state index is 0.165. The van der Waals surface area contributed by atoms with Crippen molar-refractivity contribution in [3.63, 3.8) is 0 Å². The number of carbonyl (C=O) groups is 1. The minimum Gasteiger partial charge on any atom is -0.497 e. The Morgan fingerprint density at radius 1 is 1.28 bits per heavy atom. The van der Waals surface area contributed by atoms with Gasteiger partial charge in [-0.05, 0) is 12.1 Å². The molecule has 25 heavy (non-hydrogen) atoms.